The molecule has 134 valence electrons. The van der Waals surface area contributed by atoms with Crippen LogP contribution < -0.4 is 14.8 Å². The number of amides is 1. The van der Waals surface area contributed by atoms with E-state index in [0.29, 0.717) is 17.9 Å². The molecule has 25 heavy (non-hydrogen) atoms. The van der Waals surface area contributed by atoms with E-state index >= 15 is 0 Å². The van der Waals surface area contributed by atoms with Crippen molar-refractivity contribution in [2.24, 2.45) is 0 Å². The largest absolute Gasteiger partial charge is 0.497 e. The molecule has 0 fully saturated rings. The summed E-state index contributed by atoms with van der Waals surface area (Å²) < 4.78 is 24.2. The molecule has 1 N–H and O–H groups in total. The summed E-state index contributed by atoms with van der Waals surface area (Å²) in [4.78, 5) is 11.9. The van der Waals surface area contributed by atoms with Crippen LogP contribution in [0.15, 0.2) is 48.5 Å². The lowest BCUT2D eigenvalue weighted by Crippen LogP contribution is -2.37. The molecular weight excluding hydrogens is 341 g/mol. The Labute approximate surface area is 151 Å². The van der Waals surface area contributed by atoms with Crippen LogP contribution in [-0.4, -0.2) is 31.4 Å². The highest BCUT2D eigenvalue weighted by molar-refractivity contribution is 7.99. The van der Waals surface area contributed by atoms with Gasteiger partial charge in [0.25, 0.3) is 0 Å². The summed E-state index contributed by atoms with van der Waals surface area (Å²) in [6.07, 6.45) is 0. The number of carbonyl (C=O) groups excluding carboxylic acids is 1. The van der Waals surface area contributed by atoms with Gasteiger partial charge in [-0.1, -0.05) is 18.2 Å². The molecule has 1 amide bonds. The predicted molar refractivity (Wildman–Crippen MR) is 98.7 cm³/mol. The van der Waals surface area contributed by atoms with E-state index in [0.717, 1.165) is 11.5 Å². The molecule has 0 aromatic heterocycles. The first-order valence-corrected chi connectivity index (χ1v) is 9.11. The first kappa shape index (κ1) is 19.1. The molecule has 0 heterocycles. The first-order chi connectivity index (χ1) is 12.1. The molecular formula is C19H22FNO3S. The SMILES string of the molecule is COc1ccc(OC[C@@H](C)NC(=O)CSCc2ccccc2F)cc1. The van der Waals surface area contributed by atoms with Crippen LogP contribution in [0, 0.1) is 5.82 Å². The summed E-state index contributed by atoms with van der Waals surface area (Å²) in [6, 6.07) is 13.7. The fourth-order valence-electron chi connectivity index (χ4n) is 2.12. The molecule has 2 rings (SSSR count). The van der Waals surface area contributed by atoms with E-state index in [9.17, 15) is 9.18 Å². The van der Waals surface area contributed by atoms with Gasteiger partial charge in [-0.2, -0.15) is 0 Å². The van der Waals surface area contributed by atoms with E-state index < -0.39 is 0 Å². The highest BCUT2D eigenvalue weighted by Gasteiger charge is 2.09. The van der Waals surface area contributed by atoms with Crippen LogP contribution in [-0.2, 0) is 10.5 Å². The molecule has 0 aliphatic carbocycles. The number of hydrogen-bond acceptors (Lipinski definition) is 4. The van der Waals surface area contributed by atoms with Gasteiger partial charge in [0.1, 0.15) is 23.9 Å². The number of thioether (sulfide) groups is 1. The van der Waals surface area contributed by atoms with Crippen LogP contribution in [0.2, 0.25) is 0 Å². The van der Waals surface area contributed by atoms with Crippen molar-refractivity contribution in [1.82, 2.24) is 5.32 Å². The standard InChI is InChI=1S/C19H22FNO3S/c1-14(11-24-17-9-7-16(23-2)8-10-17)21-19(22)13-25-12-15-5-3-4-6-18(15)20/h3-10,14H,11-13H2,1-2H3,(H,21,22)/t14-/m1/s1. The topological polar surface area (TPSA) is 47.6 Å². The maximum absolute atomic E-state index is 13.5. The highest BCUT2D eigenvalue weighted by Crippen LogP contribution is 2.17. The molecule has 1 atom stereocenters. The number of nitrogens with one attached hydrogen (secondary N) is 1. The Bertz CT molecular complexity index is 679. The summed E-state index contributed by atoms with van der Waals surface area (Å²) in [6.45, 7) is 2.25. The van der Waals surface area contributed by atoms with Gasteiger partial charge in [-0.15, -0.1) is 11.8 Å². The summed E-state index contributed by atoms with van der Waals surface area (Å²) >= 11 is 1.38. The molecule has 0 spiro atoms. The fraction of sp³-hybridized carbons (Fsp3) is 0.316. The van der Waals surface area contributed by atoms with Crippen LogP contribution in [0.25, 0.3) is 0 Å². The van der Waals surface area contributed by atoms with Crippen molar-refractivity contribution in [3.63, 3.8) is 0 Å². The van der Waals surface area contributed by atoms with E-state index in [1.165, 1.54) is 17.8 Å². The molecule has 4 nitrogen and oxygen atoms in total. The Hall–Kier alpha value is -2.21. The summed E-state index contributed by atoms with van der Waals surface area (Å²) in [5.41, 5.74) is 0.608. The second-order valence-electron chi connectivity index (χ2n) is 5.54. The van der Waals surface area contributed by atoms with Gasteiger partial charge >= 0.3 is 0 Å². The minimum atomic E-state index is -0.239. The van der Waals surface area contributed by atoms with E-state index in [2.05, 4.69) is 5.32 Å². The van der Waals surface area contributed by atoms with Crippen LogP contribution >= 0.6 is 11.8 Å². The predicted octanol–water partition coefficient (Wildman–Crippen LogP) is 3.65. The third-order valence-electron chi connectivity index (χ3n) is 3.42. The number of carbonyl (C=O) groups is 1. The highest BCUT2D eigenvalue weighted by atomic mass is 32.2. The van der Waals surface area contributed by atoms with Gasteiger partial charge in [0.15, 0.2) is 0 Å². The molecule has 0 aliphatic rings. The molecule has 0 saturated heterocycles. The second-order valence-corrected chi connectivity index (χ2v) is 6.52. The number of ether oxygens (including phenoxy) is 2. The Morgan fingerprint density at radius 1 is 1.16 bits per heavy atom. The van der Waals surface area contributed by atoms with Crippen molar-refractivity contribution in [1.29, 1.82) is 0 Å². The lowest BCUT2D eigenvalue weighted by molar-refractivity contribution is -0.119. The third kappa shape index (κ3) is 6.66. The van der Waals surface area contributed by atoms with E-state index in [1.807, 2.05) is 31.2 Å². The Morgan fingerprint density at radius 3 is 2.52 bits per heavy atom. The molecule has 0 bridgehead atoms. The maximum Gasteiger partial charge on any atom is 0.230 e. The molecule has 0 unspecified atom stereocenters. The molecule has 2 aromatic carbocycles. The first-order valence-electron chi connectivity index (χ1n) is 7.96. The third-order valence-corrected chi connectivity index (χ3v) is 4.40. The van der Waals surface area contributed by atoms with Crippen LogP contribution in [0.4, 0.5) is 4.39 Å². The minimum absolute atomic E-state index is 0.0906. The molecule has 6 heteroatoms. The minimum Gasteiger partial charge on any atom is -0.497 e. The van der Waals surface area contributed by atoms with Gasteiger partial charge in [0, 0.05) is 5.75 Å². The van der Waals surface area contributed by atoms with E-state index in [-0.39, 0.29) is 23.5 Å². The lowest BCUT2D eigenvalue weighted by atomic mass is 10.2. The monoisotopic (exact) mass is 363 g/mol. The quantitative estimate of drug-likeness (QED) is 0.739. The van der Waals surface area contributed by atoms with Crippen LogP contribution in [0.5, 0.6) is 11.5 Å². The summed E-state index contributed by atoms with van der Waals surface area (Å²) in [7, 11) is 1.61. The smallest absolute Gasteiger partial charge is 0.230 e. The van der Waals surface area contributed by atoms with Gasteiger partial charge in [0.2, 0.25) is 5.91 Å². The number of methoxy groups -OCH3 is 1. The van der Waals surface area contributed by atoms with Gasteiger partial charge in [-0.05, 0) is 42.8 Å². The van der Waals surface area contributed by atoms with Gasteiger partial charge < -0.3 is 14.8 Å². The maximum atomic E-state index is 13.5. The van der Waals surface area contributed by atoms with Crippen molar-refractivity contribution in [2.75, 3.05) is 19.5 Å². The van der Waals surface area contributed by atoms with Crippen molar-refractivity contribution < 1.29 is 18.7 Å². The Balaban J connectivity index is 1.66. The van der Waals surface area contributed by atoms with Gasteiger partial charge in [-0.3, -0.25) is 4.79 Å². The fourth-order valence-corrected chi connectivity index (χ4v) is 2.95. The Kier molecular flexibility index (Phi) is 7.60. The van der Waals surface area contributed by atoms with Gasteiger partial charge in [0.05, 0.1) is 18.9 Å². The number of hydrogen-bond donors (Lipinski definition) is 1. The summed E-state index contributed by atoms with van der Waals surface area (Å²) in [5, 5.41) is 2.87. The van der Waals surface area contributed by atoms with E-state index in [4.69, 9.17) is 9.47 Å². The average Bonchev–Trinajstić information content (AvgIpc) is 2.62. The number of halogens is 1. The zero-order chi connectivity index (χ0) is 18.1. The normalized spacial score (nSPS) is 11.6. The number of benzene rings is 2. The molecule has 0 radical (unpaired) electrons. The molecule has 0 aliphatic heterocycles. The average molecular weight is 363 g/mol. The zero-order valence-electron chi connectivity index (χ0n) is 14.3. The van der Waals surface area contributed by atoms with Crippen LogP contribution in [0.3, 0.4) is 0 Å². The van der Waals surface area contributed by atoms with Crippen LogP contribution in [0.1, 0.15) is 12.5 Å². The zero-order valence-corrected chi connectivity index (χ0v) is 15.1. The molecule has 0 saturated carbocycles. The second kappa shape index (κ2) is 9.93. The van der Waals surface area contributed by atoms with E-state index in [1.54, 1.807) is 25.3 Å². The molecule has 2 aromatic rings. The lowest BCUT2D eigenvalue weighted by Gasteiger charge is -2.15. The van der Waals surface area contributed by atoms with Crippen molar-refractivity contribution in [2.45, 2.75) is 18.7 Å². The Morgan fingerprint density at radius 2 is 1.84 bits per heavy atom. The number of rotatable bonds is 9. The van der Waals surface area contributed by atoms with Crippen molar-refractivity contribution in [3.8, 4) is 11.5 Å². The summed E-state index contributed by atoms with van der Waals surface area (Å²) in [5.74, 6) is 1.90. The van der Waals surface area contributed by atoms with Crippen molar-refractivity contribution in [3.05, 3.63) is 59.9 Å². The van der Waals surface area contributed by atoms with Gasteiger partial charge in [-0.25, -0.2) is 4.39 Å². The van der Waals surface area contributed by atoms with Crippen molar-refractivity contribution >= 4 is 17.7 Å².